The Hall–Kier alpha value is -0.960. The molecule has 104 valence electrons. The lowest BCUT2D eigenvalue weighted by Crippen LogP contribution is -2.38. The third-order valence-electron chi connectivity index (χ3n) is 2.57. The Balaban J connectivity index is 2.56. The molecule has 0 aliphatic heterocycles. The van der Waals surface area contributed by atoms with Gasteiger partial charge in [-0.1, -0.05) is 0 Å². The minimum atomic E-state index is -3.51. The predicted molar refractivity (Wildman–Crippen MR) is 68.0 cm³/mol. The third-order valence-corrected chi connectivity index (χ3v) is 4.08. The maximum Gasteiger partial charge on any atom is 0.279 e. The van der Waals surface area contributed by atoms with Crippen LogP contribution in [0.4, 0.5) is 0 Å². The number of nitrogens with one attached hydrogen (secondary N) is 1. The topological polar surface area (TPSA) is 101 Å². The van der Waals surface area contributed by atoms with Crippen molar-refractivity contribution in [3.8, 4) is 0 Å². The molecule has 0 unspecified atom stereocenters. The van der Waals surface area contributed by atoms with Crippen LogP contribution in [-0.2, 0) is 16.8 Å². The van der Waals surface area contributed by atoms with Gasteiger partial charge in [-0.2, -0.15) is 17.4 Å². The smallest absolute Gasteiger partial charge is 0.279 e. The van der Waals surface area contributed by atoms with E-state index >= 15 is 0 Å². The molecule has 1 heterocycles. The summed E-state index contributed by atoms with van der Waals surface area (Å²) in [5.41, 5.74) is 6.10. The van der Waals surface area contributed by atoms with Crippen molar-refractivity contribution < 1.29 is 12.8 Å². The summed E-state index contributed by atoms with van der Waals surface area (Å²) in [6.45, 7) is 4.48. The number of nitrogens with zero attached hydrogens (tertiary/aromatic N) is 2. The number of aromatic nitrogens is 1. The molecule has 7 nitrogen and oxygen atoms in total. The van der Waals surface area contributed by atoms with Gasteiger partial charge in [0.05, 0.1) is 12.2 Å². The van der Waals surface area contributed by atoms with E-state index in [0.717, 1.165) is 5.69 Å². The lowest BCUT2D eigenvalue weighted by Gasteiger charge is -2.16. The van der Waals surface area contributed by atoms with Gasteiger partial charge in [-0.3, -0.25) is 0 Å². The number of nitrogens with two attached hydrogens (primary N) is 1. The molecule has 18 heavy (non-hydrogen) atoms. The molecule has 0 fully saturated rings. The highest BCUT2D eigenvalue weighted by Gasteiger charge is 2.17. The van der Waals surface area contributed by atoms with Crippen molar-refractivity contribution in [2.24, 2.45) is 5.73 Å². The van der Waals surface area contributed by atoms with Crippen molar-refractivity contribution in [2.45, 2.75) is 26.8 Å². The van der Waals surface area contributed by atoms with Crippen LogP contribution in [0, 0.1) is 13.8 Å². The summed E-state index contributed by atoms with van der Waals surface area (Å²) in [4.78, 5) is 4.10. The van der Waals surface area contributed by atoms with Crippen LogP contribution in [0.25, 0.3) is 0 Å². The lowest BCUT2D eigenvalue weighted by atomic mass is 10.4. The van der Waals surface area contributed by atoms with Gasteiger partial charge >= 0.3 is 0 Å². The number of hydrogen-bond donors (Lipinski definition) is 2. The average Bonchev–Trinajstić information content (AvgIpc) is 2.63. The predicted octanol–water partition coefficient (Wildman–Crippen LogP) is -0.0936. The molecule has 3 N–H and O–H groups in total. The highest BCUT2D eigenvalue weighted by atomic mass is 32.2. The fourth-order valence-corrected chi connectivity index (χ4v) is 2.21. The Morgan fingerprint density at radius 2 is 2.11 bits per heavy atom. The number of aryl methyl sites for hydroxylation is 2. The van der Waals surface area contributed by atoms with Gasteiger partial charge in [0.1, 0.15) is 5.76 Å². The van der Waals surface area contributed by atoms with Gasteiger partial charge in [-0.15, -0.1) is 0 Å². The molecule has 0 bridgehead atoms. The Morgan fingerprint density at radius 3 is 2.61 bits per heavy atom. The van der Waals surface area contributed by atoms with Gasteiger partial charge in [0, 0.05) is 13.6 Å². The van der Waals surface area contributed by atoms with Crippen molar-refractivity contribution in [1.82, 2.24) is 14.0 Å². The number of oxazole rings is 1. The molecule has 0 aliphatic carbocycles. The van der Waals surface area contributed by atoms with Crippen LogP contribution in [-0.4, -0.2) is 37.8 Å². The van der Waals surface area contributed by atoms with E-state index in [9.17, 15) is 8.42 Å². The Labute approximate surface area is 108 Å². The zero-order chi connectivity index (χ0) is 13.8. The van der Waals surface area contributed by atoms with Gasteiger partial charge in [0.25, 0.3) is 10.2 Å². The molecule has 1 aromatic heterocycles. The SMILES string of the molecule is Cc1nc(CNS(=O)(=O)N(C)CCCN)oc1C. The van der Waals surface area contributed by atoms with Crippen molar-refractivity contribution in [1.29, 1.82) is 0 Å². The second-order valence-corrected chi connectivity index (χ2v) is 5.90. The van der Waals surface area contributed by atoms with E-state index in [1.54, 1.807) is 6.92 Å². The fourth-order valence-electron chi connectivity index (χ4n) is 1.31. The first-order valence-corrected chi connectivity index (χ1v) is 7.14. The Kier molecular flexibility index (Phi) is 5.27. The quantitative estimate of drug-likeness (QED) is 0.724. The van der Waals surface area contributed by atoms with Crippen LogP contribution >= 0.6 is 0 Å². The lowest BCUT2D eigenvalue weighted by molar-refractivity contribution is 0.434. The molecule has 0 saturated carbocycles. The van der Waals surface area contributed by atoms with E-state index in [4.69, 9.17) is 10.2 Å². The monoisotopic (exact) mass is 276 g/mol. The highest BCUT2D eigenvalue weighted by molar-refractivity contribution is 7.87. The molecule has 0 spiro atoms. The summed E-state index contributed by atoms with van der Waals surface area (Å²) >= 11 is 0. The largest absolute Gasteiger partial charge is 0.444 e. The molecule has 1 rings (SSSR count). The summed E-state index contributed by atoms with van der Waals surface area (Å²) in [5.74, 6) is 1.06. The minimum absolute atomic E-state index is 0.0456. The molecule has 0 atom stereocenters. The normalized spacial score (nSPS) is 12.3. The van der Waals surface area contributed by atoms with Crippen LogP contribution in [0.3, 0.4) is 0 Å². The first kappa shape index (κ1) is 15.1. The maximum absolute atomic E-state index is 11.8. The number of hydrogen-bond acceptors (Lipinski definition) is 5. The van der Waals surface area contributed by atoms with Crippen LogP contribution in [0.15, 0.2) is 4.42 Å². The summed E-state index contributed by atoms with van der Waals surface area (Å²) in [7, 11) is -2.00. The maximum atomic E-state index is 11.8. The van der Waals surface area contributed by atoms with Gasteiger partial charge in [0.15, 0.2) is 0 Å². The molecule has 0 aromatic carbocycles. The van der Waals surface area contributed by atoms with Gasteiger partial charge in [-0.05, 0) is 26.8 Å². The Bertz CT molecular complexity index is 464. The van der Waals surface area contributed by atoms with Crippen molar-refractivity contribution >= 4 is 10.2 Å². The highest BCUT2D eigenvalue weighted by Crippen LogP contribution is 2.08. The summed E-state index contributed by atoms with van der Waals surface area (Å²) < 4.78 is 32.6. The molecule has 0 saturated heterocycles. The zero-order valence-corrected chi connectivity index (χ0v) is 11.7. The molecule has 1 aromatic rings. The van der Waals surface area contributed by atoms with E-state index in [-0.39, 0.29) is 6.54 Å². The molecular weight excluding hydrogens is 256 g/mol. The molecule has 0 amide bonds. The average molecular weight is 276 g/mol. The summed E-state index contributed by atoms with van der Waals surface area (Å²) in [6, 6.07) is 0. The van der Waals surface area contributed by atoms with Crippen LogP contribution in [0.2, 0.25) is 0 Å². The van der Waals surface area contributed by atoms with Gasteiger partial charge < -0.3 is 10.2 Å². The summed E-state index contributed by atoms with van der Waals surface area (Å²) in [6.07, 6.45) is 0.620. The van der Waals surface area contributed by atoms with Gasteiger partial charge in [-0.25, -0.2) is 4.98 Å². The second kappa shape index (κ2) is 6.28. The van der Waals surface area contributed by atoms with E-state index < -0.39 is 10.2 Å². The molecular formula is C10H20N4O3S. The fraction of sp³-hybridized carbons (Fsp3) is 0.700. The van der Waals surface area contributed by atoms with Crippen molar-refractivity contribution in [3.63, 3.8) is 0 Å². The van der Waals surface area contributed by atoms with Crippen LogP contribution in [0.1, 0.15) is 23.8 Å². The first-order valence-electron chi connectivity index (χ1n) is 5.70. The van der Waals surface area contributed by atoms with E-state index in [1.807, 2.05) is 6.92 Å². The molecule has 8 heteroatoms. The third kappa shape index (κ3) is 4.05. The Morgan fingerprint density at radius 1 is 1.44 bits per heavy atom. The van der Waals surface area contributed by atoms with E-state index in [2.05, 4.69) is 9.71 Å². The van der Waals surface area contributed by atoms with Crippen LogP contribution < -0.4 is 10.5 Å². The van der Waals surface area contributed by atoms with Gasteiger partial charge in [0.2, 0.25) is 5.89 Å². The van der Waals surface area contributed by atoms with Crippen molar-refractivity contribution in [2.75, 3.05) is 20.1 Å². The number of rotatable bonds is 7. The zero-order valence-electron chi connectivity index (χ0n) is 10.9. The summed E-state index contributed by atoms with van der Waals surface area (Å²) in [5, 5.41) is 0. The first-order chi connectivity index (χ1) is 8.36. The van der Waals surface area contributed by atoms with E-state index in [1.165, 1.54) is 11.4 Å². The van der Waals surface area contributed by atoms with E-state index in [0.29, 0.717) is 31.2 Å². The second-order valence-electron chi connectivity index (χ2n) is 4.04. The minimum Gasteiger partial charge on any atom is -0.444 e. The van der Waals surface area contributed by atoms with Crippen LogP contribution in [0.5, 0.6) is 0 Å². The molecule has 0 aliphatic rings. The standard InChI is InChI=1S/C10H20N4O3S/c1-8-9(2)17-10(13-8)7-12-18(15,16)14(3)6-4-5-11/h12H,4-7,11H2,1-3H3. The molecule has 0 radical (unpaired) electrons. The van der Waals surface area contributed by atoms with Crippen molar-refractivity contribution in [3.05, 3.63) is 17.3 Å².